The van der Waals surface area contributed by atoms with Crippen molar-refractivity contribution >= 4 is 11.6 Å². The molecule has 5 nitrogen and oxygen atoms in total. The first-order valence-corrected chi connectivity index (χ1v) is 7.60. The molecule has 1 aromatic carbocycles. The minimum Gasteiger partial charge on any atom is -0.395 e. The highest BCUT2D eigenvalue weighted by Gasteiger charge is 2.09. The van der Waals surface area contributed by atoms with Gasteiger partial charge in [-0.05, 0) is 25.1 Å². The molecule has 23 heavy (non-hydrogen) atoms. The van der Waals surface area contributed by atoms with Crippen LogP contribution in [0.5, 0.6) is 0 Å². The molecule has 0 fully saturated rings. The van der Waals surface area contributed by atoms with Crippen LogP contribution in [0.2, 0.25) is 5.02 Å². The maximum Gasteiger partial charge on any atom is 0.252 e. The molecule has 0 unspecified atom stereocenters. The topological polar surface area (TPSA) is 60.1 Å². The number of aromatic nitrogens is 3. The molecule has 0 spiro atoms. The zero-order chi connectivity index (χ0) is 16.4. The maximum atomic E-state index is 12.0. The van der Waals surface area contributed by atoms with Crippen molar-refractivity contribution in [2.75, 3.05) is 6.61 Å². The highest BCUT2D eigenvalue weighted by atomic mass is 35.5. The molecule has 118 valence electrons. The molecular weight excluding hydrogens is 314 g/mol. The van der Waals surface area contributed by atoms with E-state index in [9.17, 15) is 4.79 Å². The summed E-state index contributed by atoms with van der Waals surface area (Å²) in [6.45, 7) is 2.10. The van der Waals surface area contributed by atoms with Crippen LogP contribution in [0.4, 0.5) is 0 Å². The van der Waals surface area contributed by atoms with Crippen LogP contribution < -0.4 is 5.56 Å². The fourth-order valence-corrected chi connectivity index (χ4v) is 2.65. The lowest BCUT2D eigenvalue weighted by Crippen LogP contribution is -2.21. The summed E-state index contributed by atoms with van der Waals surface area (Å²) in [5.41, 5.74) is 2.30. The highest BCUT2D eigenvalue weighted by molar-refractivity contribution is 6.30. The molecule has 0 radical (unpaired) electrons. The van der Waals surface area contributed by atoms with Gasteiger partial charge >= 0.3 is 0 Å². The zero-order valence-corrected chi connectivity index (χ0v) is 13.4. The summed E-state index contributed by atoms with van der Waals surface area (Å²) >= 11 is 6.03. The molecule has 0 aliphatic heterocycles. The quantitative estimate of drug-likeness (QED) is 0.800. The van der Waals surface area contributed by atoms with Gasteiger partial charge in [-0.25, -0.2) is 4.98 Å². The third-order valence-electron chi connectivity index (χ3n) is 3.60. The van der Waals surface area contributed by atoms with E-state index in [1.807, 2.05) is 48.0 Å². The van der Waals surface area contributed by atoms with Crippen LogP contribution in [0.1, 0.15) is 5.82 Å². The maximum absolute atomic E-state index is 12.0. The van der Waals surface area contributed by atoms with Gasteiger partial charge in [0.05, 0.1) is 18.0 Å². The Kier molecular flexibility index (Phi) is 4.32. The van der Waals surface area contributed by atoms with Crippen LogP contribution in [-0.2, 0) is 6.54 Å². The Morgan fingerprint density at radius 1 is 1.26 bits per heavy atom. The van der Waals surface area contributed by atoms with E-state index in [1.54, 1.807) is 6.20 Å². The van der Waals surface area contributed by atoms with E-state index in [0.29, 0.717) is 5.02 Å². The van der Waals surface area contributed by atoms with Crippen molar-refractivity contribution in [1.29, 1.82) is 0 Å². The number of hydrogen-bond donors (Lipinski definition) is 1. The number of hydrogen-bond acceptors (Lipinski definition) is 3. The molecule has 2 aromatic heterocycles. The molecule has 0 amide bonds. The number of pyridine rings is 1. The largest absolute Gasteiger partial charge is 0.395 e. The lowest BCUT2D eigenvalue weighted by atomic mass is 10.2. The summed E-state index contributed by atoms with van der Waals surface area (Å²) < 4.78 is 3.33. The predicted molar refractivity (Wildman–Crippen MR) is 90.1 cm³/mol. The number of imidazole rings is 1. The average Bonchev–Trinajstić information content (AvgIpc) is 2.91. The fraction of sp³-hybridized carbons (Fsp3) is 0.176. The lowest BCUT2D eigenvalue weighted by molar-refractivity contribution is 0.274. The third kappa shape index (κ3) is 3.21. The second kappa shape index (κ2) is 6.40. The Labute approximate surface area is 138 Å². The Hall–Kier alpha value is -2.37. The molecule has 6 heteroatoms. The van der Waals surface area contributed by atoms with Gasteiger partial charge in [0.1, 0.15) is 5.82 Å². The summed E-state index contributed by atoms with van der Waals surface area (Å²) in [5, 5.41) is 9.59. The third-order valence-corrected chi connectivity index (χ3v) is 3.84. The van der Waals surface area contributed by atoms with Crippen LogP contribution in [0, 0.1) is 6.92 Å². The van der Waals surface area contributed by atoms with E-state index in [1.165, 1.54) is 10.6 Å². The van der Waals surface area contributed by atoms with Crippen LogP contribution in [0.25, 0.3) is 16.9 Å². The Morgan fingerprint density at radius 2 is 2.09 bits per heavy atom. The first kappa shape index (κ1) is 15.5. The second-order valence-electron chi connectivity index (χ2n) is 5.19. The van der Waals surface area contributed by atoms with Gasteiger partial charge in [-0.15, -0.1) is 0 Å². The van der Waals surface area contributed by atoms with Crippen molar-refractivity contribution in [3.8, 4) is 16.9 Å². The van der Waals surface area contributed by atoms with E-state index >= 15 is 0 Å². The van der Waals surface area contributed by atoms with E-state index in [0.717, 1.165) is 22.8 Å². The molecule has 3 rings (SSSR count). The van der Waals surface area contributed by atoms with Crippen LogP contribution >= 0.6 is 11.6 Å². The van der Waals surface area contributed by atoms with Gasteiger partial charge in [-0.2, -0.15) is 0 Å². The van der Waals surface area contributed by atoms with Crippen molar-refractivity contribution < 1.29 is 5.11 Å². The van der Waals surface area contributed by atoms with E-state index in [2.05, 4.69) is 4.98 Å². The smallest absolute Gasteiger partial charge is 0.252 e. The van der Waals surface area contributed by atoms with Gasteiger partial charge in [0.2, 0.25) is 0 Å². The van der Waals surface area contributed by atoms with Gasteiger partial charge in [-0.3, -0.25) is 4.79 Å². The molecule has 3 aromatic rings. The van der Waals surface area contributed by atoms with Gasteiger partial charge in [-0.1, -0.05) is 23.7 Å². The van der Waals surface area contributed by atoms with E-state index in [-0.39, 0.29) is 18.7 Å². The SMILES string of the molecule is Cc1nc(-c2cccc(Cl)c2)cn1-c1ccn(CCO)c(=O)c1. The van der Waals surface area contributed by atoms with Gasteiger partial charge < -0.3 is 14.2 Å². The molecule has 0 atom stereocenters. The molecule has 0 aliphatic carbocycles. The van der Waals surface area contributed by atoms with Crippen LogP contribution in [0.3, 0.4) is 0 Å². The summed E-state index contributed by atoms with van der Waals surface area (Å²) in [6.07, 6.45) is 3.55. The van der Waals surface area contributed by atoms with E-state index in [4.69, 9.17) is 16.7 Å². The summed E-state index contributed by atoms with van der Waals surface area (Å²) in [7, 11) is 0. The number of benzene rings is 1. The number of aliphatic hydroxyl groups is 1. The van der Waals surface area contributed by atoms with Crippen LogP contribution in [0.15, 0.2) is 53.6 Å². The van der Waals surface area contributed by atoms with Crippen LogP contribution in [-0.4, -0.2) is 25.8 Å². The normalized spacial score (nSPS) is 10.9. The van der Waals surface area contributed by atoms with Crippen molar-refractivity contribution in [3.63, 3.8) is 0 Å². The first-order chi connectivity index (χ1) is 11.1. The Morgan fingerprint density at radius 3 is 2.78 bits per heavy atom. The number of rotatable bonds is 4. The molecule has 2 heterocycles. The highest BCUT2D eigenvalue weighted by Crippen LogP contribution is 2.23. The fourth-order valence-electron chi connectivity index (χ4n) is 2.46. The first-order valence-electron chi connectivity index (χ1n) is 7.22. The van der Waals surface area contributed by atoms with Crippen molar-refractivity contribution in [2.24, 2.45) is 0 Å². The van der Waals surface area contributed by atoms with Crippen molar-refractivity contribution in [1.82, 2.24) is 14.1 Å². The zero-order valence-electron chi connectivity index (χ0n) is 12.6. The van der Waals surface area contributed by atoms with Crippen molar-refractivity contribution in [3.05, 3.63) is 70.0 Å². The lowest BCUT2D eigenvalue weighted by Gasteiger charge is -2.07. The summed E-state index contributed by atoms with van der Waals surface area (Å²) in [4.78, 5) is 16.6. The predicted octanol–water partition coefficient (Wildman–Crippen LogP) is 2.66. The minimum atomic E-state index is -0.158. The number of aryl methyl sites for hydroxylation is 1. The standard InChI is InChI=1S/C17H16ClN3O2/c1-12-19-16(13-3-2-4-14(18)9-13)11-21(12)15-5-6-20(7-8-22)17(23)10-15/h2-6,9-11,22H,7-8H2,1H3. The number of nitrogens with zero attached hydrogens (tertiary/aromatic N) is 3. The van der Waals surface area contributed by atoms with Gasteiger partial charge in [0.15, 0.2) is 0 Å². The minimum absolute atomic E-state index is 0.0672. The van der Waals surface area contributed by atoms with Gasteiger partial charge in [0.25, 0.3) is 5.56 Å². The Balaban J connectivity index is 2.01. The molecule has 1 N–H and O–H groups in total. The number of aliphatic hydroxyl groups excluding tert-OH is 1. The molecule has 0 aliphatic rings. The molecule has 0 saturated carbocycles. The summed E-state index contributed by atoms with van der Waals surface area (Å²) in [6, 6.07) is 10.8. The number of halogens is 1. The monoisotopic (exact) mass is 329 g/mol. The average molecular weight is 330 g/mol. The molecular formula is C17H16ClN3O2. The van der Waals surface area contributed by atoms with Crippen molar-refractivity contribution in [2.45, 2.75) is 13.5 Å². The molecule has 0 saturated heterocycles. The van der Waals surface area contributed by atoms with E-state index < -0.39 is 0 Å². The Bertz CT molecular complexity index is 899. The molecule has 0 bridgehead atoms. The second-order valence-corrected chi connectivity index (χ2v) is 5.63. The summed E-state index contributed by atoms with van der Waals surface area (Å²) in [5.74, 6) is 0.777. The van der Waals surface area contributed by atoms with Gasteiger partial charge in [0, 0.05) is 35.6 Å².